The molecule has 2 aromatic rings. The number of carbonyl (C=O) groups is 2. The van der Waals surface area contributed by atoms with Gasteiger partial charge >= 0.3 is 11.9 Å². The van der Waals surface area contributed by atoms with Gasteiger partial charge in [0, 0.05) is 13.1 Å². The lowest BCUT2D eigenvalue weighted by Gasteiger charge is -2.19. The summed E-state index contributed by atoms with van der Waals surface area (Å²) in [6, 6.07) is 12.3. The molecule has 29 heavy (non-hydrogen) atoms. The van der Waals surface area contributed by atoms with Crippen LogP contribution >= 0.6 is 11.6 Å². The summed E-state index contributed by atoms with van der Waals surface area (Å²) in [6.45, 7) is 3.68. The molecular weight excluding hydrogens is 418 g/mol. The van der Waals surface area contributed by atoms with Gasteiger partial charge in [0.1, 0.15) is 18.1 Å². The van der Waals surface area contributed by atoms with Crippen LogP contribution in [-0.2, 0) is 19.5 Å². The SMILES string of the molecule is CCN(CC)S(=O)(=O)c1cc(C(=O)OCCOC(=O)c2ccccc2)ccc1Cl. The monoisotopic (exact) mass is 439 g/mol. The zero-order chi connectivity index (χ0) is 21.4. The molecule has 0 saturated carbocycles. The molecule has 7 nitrogen and oxygen atoms in total. The standard InChI is InChI=1S/C20H22ClNO6S/c1-3-22(4-2)29(25,26)18-14-16(10-11-17(18)21)20(24)28-13-12-27-19(23)15-8-6-5-7-9-15/h5-11,14H,3-4,12-13H2,1-2H3. The van der Waals surface area contributed by atoms with Gasteiger partial charge in [-0.05, 0) is 30.3 Å². The van der Waals surface area contributed by atoms with E-state index in [1.165, 1.54) is 22.5 Å². The first-order valence-corrected chi connectivity index (χ1v) is 10.8. The third-order valence-corrected chi connectivity index (χ3v) is 6.58. The zero-order valence-electron chi connectivity index (χ0n) is 16.1. The quantitative estimate of drug-likeness (QED) is 0.439. The molecule has 0 aliphatic heterocycles. The van der Waals surface area contributed by atoms with E-state index in [2.05, 4.69) is 0 Å². The molecule has 0 bridgehead atoms. The Labute approximate surface area is 175 Å². The number of nitrogens with zero attached hydrogens (tertiary/aromatic N) is 1. The molecule has 9 heteroatoms. The molecule has 0 saturated heterocycles. The van der Waals surface area contributed by atoms with Crippen molar-refractivity contribution in [3.05, 3.63) is 64.7 Å². The van der Waals surface area contributed by atoms with Gasteiger partial charge in [0.05, 0.1) is 16.1 Å². The van der Waals surface area contributed by atoms with E-state index in [4.69, 9.17) is 21.1 Å². The van der Waals surface area contributed by atoms with Crippen molar-refractivity contribution in [2.75, 3.05) is 26.3 Å². The topological polar surface area (TPSA) is 90.0 Å². The molecule has 0 aliphatic carbocycles. The second kappa shape index (κ2) is 10.4. The van der Waals surface area contributed by atoms with E-state index in [0.717, 1.165) is 0 Å². The molecule has 0 atom stereocenters. The lowest BCUT2D eigenvalue weighted by Crippen LogP contribution is -2.31. The summed E-state index contributed by atoms with van der Waals surface area (Å²) in [5.41, 5.74) is 0.428. The van der Waals surface area contributed by atoms with Gasteiger partial charge in [0.25, 0.3) is 0 Å². The number of carbonyl (C=O) groups excluding carboxylic acids is 2. The summed E-state index contributed by atoms with van der Waals surface area (Å²) in [7, 11) is -3.83. The molecule has 0 fully saturated rings. The van der Waals surface area contributed by atoms with Crippen LogP contribution in [0.2, 0.25) is 5.02 Å². The van der Waals surface area contributed by atoms with E-state index >= 15 is 0 Å². The predicted octanol–water partition coefficient (Wildman–Crippen LogP) is 3.38. The van der Waals surface area contributed by atoms with E-state index < -0.39 is 22.0 Å². The maximum absolute atomic E-state index is 12.7. The van der Waals surface area contributed by atoms with Crippen molar-refractivity contribution in [1.82, 2.24) is 4.31 Å². The maximum Gasteiger partial charge on any atom is 0.338 e. The molecule has 0 spiro atoms. The van der Waals surface area contributed by atoms with Crippen LogP contribution in [0.15, 0.2) is 53.4 Å². The lowest BCUT2D eigenvalue weighted by molar-refractivity contribution is 0.0265. The second-order valence-corrected chi connectivity index (χ2v) is 8.19. The number of esters is 2. The van der Waals surface area contributed by atoms with Crippen LogP contribution in [0.3, 0.4) is 0 Å². The molecule has 0 unspecified atom stereocenters. The Morgan fingerprint density at radius 1 is 0.897 bits per heavy atom. The van der Waals surface area contributed by atoms with Crippen LogP contribution in [0.25, 0.3) is 0 Å². The largest absolute Gasteiger partial charge is 0.458 e. The minimum Gasteiger partial charge on any atom is -0.458 e. The Bertz CT molecular complexity index is 958. The van der Waals surface area contributed by atoms with Gasteiger partial charge in [-0.2, -0.15) is 4.31 Å². The van der Waals surface area contributed by atoms with Gasteiger partial charge in [-0.25, -0.2) is 18.0 Å². The minimum atomic E-state index is -3.83. The van der Waals surface area contributed by atoms with Crippen LogP contribution in [-0.4, -0.2) is 51.0 Å². The summed E-state index contributed by atoms with van der Waals surface area (Å²) >= 11 is 6.05. The van der Waals surface area contributed by atoms with Crippen LogP contribution in [0.1, 0.15) is 34.6 Å². The number of hydrogen-bond donors (Lipinski definition) is 0. The maximum atomic E-state index is 12.7. The fraction of sp³-hybridized carbons (Fsp3) is 0.300. The smallest absolute Gasteiger partial charge is 0.338 e. The van der Waals surface area contributed by atoms with E-state index in [0.29, 0.717) is 5.56 Å². The van der Waals surface area contributed by atoms with Crippen molar-refractivity contribution in [3.8, 4) is 0 Å². The average Bonchev–Trinajstić information content (AvgIpc) is 2.72. The Kier molecular flexibility index (Phi) is 8.19. The lowest BCUT2D eigenvalue weighted by atomic mass is 10.2. The molecule has 2 rings (SSSR count). The highest BCUT2D eigenvalue weighted by Gasteiger charge is 2.25. The molecule has 156 valence electrons. The second-order valence-electron chi connectivity index (χ2n) is 5.87. The third kappa shape index (κ3) is 5.79. The van der Waals surface area contributed by atoms with Crippen LogP contribution < -0.4 is 0 Å². The number of benzene rings is 2. The van der Waals surface area contributed by atoms with Gasteiger partial charge in [0.15, 0.2) is 0 Å². The molecule has 0 aromatic heterocycles. The summed E-state index contributed by atoms with van der Waals surface area (Å²) in [5, 5.41) is 0.0187. The summed E-state index contributed by atoms with van der Waals surface area (Å²) in [4.78, 5) is 23.9. The van der Waals surface area contributed by atoms with Gasteiger partial charge in [-0.3, -0.25) is 0 Å². The summed E-state index contributed by atoms with van der Waals surface area (Å²) in [5.74, 6) is -1.27. The van der Waals surface area contributed by atoms with Crippen molar-refractivity contribution in [2.45, 2.75) is 18.7 Å². The summed E-state index contributed by atoms with van der Waals surface area (Å²) in [6.07, 6.45) is 0. The Morgan fingerprint density at radius 3 is 2.00 bits per heavy atom. The van der Waals surface area contributed by atoms with Crippen molar-refractivity contribution in [2.24, 2.45) is 0 Å². The van der Waals surface area contributed by atoms with Gasteiger partial charge in [0.2, 0.25) is 10.0 Å². The molecule has 0 N–H and O–H groups in total. The van der Waals surface area contributed by atoms with Gasteiger partial charge in [-0.1, -0.05) is 43.6 Å². The number of sulfonamides is 1. The number of ether oxygens (including phenoxy) is 2. The van der Waals surface area contributed by atoms with E-state index in [1.54, 1.807) is 44.2 Å². The molecule has 0 aliphatic rings. The molecule has 2 aromatic carbocycles. The fourth-order valence-electron chi connectivity index (χ4n) is 2.54. The van der Waals surface area contributed by atoms with Crippen LogP contribution in [0.5, 0.6) is 0 Å². The number of rotatable bonds is 9. The van der Waals surface area contributed by atoms with Crippen molar-refractivity contribution in [3.63, 3.8) is 0 Å². The zero-order valence-corrected chi connectivity index (χ0v) is 17.7. The van der Waals surface area contributed by atoms with Gasteiger partial charge < -0.3 is 9.47 Å². The molecule has 0 radical (unpaired) electrons. The first-order valence-electron chi connectivity index (χ1n) is 9.00. The molecule has 0 amide bonds. The normalized spacial score (nSPS) is 11.3. The summed E-state index contributed by atoms with van der Waals surface area (Å²) < 4.78 is 36.7. The highest BCUT2D eigenvalue weighted by molar-refractivity contribution is 7.89. The number of hydrogen-bond acceptors (Lipinski definition) is 6. The first kappa shape index (κ1) is 22.9. The average molecular weight is 440 g/mol. The highest BCUT2D eigenvalue weighted by Crippen LogP contribution is 2.26. The van der Waals surface area contributed by atoms with Crippen LogP contribution in [0.4, 0.5) is 0 Å². The Balaban J connectivity index is 2.00. The van der Waals surface area contributed by atoms with Crippen molar-refractivity contribution < 1.29 is 27.5 Å². The van der Waals surface area contributed by atoms with E-state index in [1.807, 2.05) is 0 Å². The first-order chi connectivity index (χ1) is 13.8. The third-order valence-electron chi connectivity index (χ3n) is 4.05. The van der Waals surface area contributed by atoms with E-state index in [9.17, 15) is 18.0 Å². The van der Waals surface area contributed by atoms with E-state index in [-0.39, 0.29) is 41.8 Å². The fourth-order valence-corrected chi connectivity index (χ4v) is 4.50. The Morgan fingerprint density at radius 2 is 1.45 bits per heavy atom. The highest BCUT2D eigenvalue weighted by atomic mass is 35.5. The van der Waals surface area contributed by atoms with Gasteiger partial charge in [-0.15, -0.1) is 0 Å². The molecule has 0 heterocycles. The van der Waals surface area contributed by atoms with Crippen molar-refractivity contribution >= 4 is 33.6 Å². The van der Waals surface area contributed by atoms with Crippen molar-refractivity contribution in [1.29, 1.82) is 0 Å². The van der Waals surface area contributed by atoms with Crippen LogP contribution in [0, 0.1) is 0 Å². The number of halogens is 1. The Hall–Kier alpha value is -2.42. The molecular formula is C20H22ClNO6S. The minimum absolute atomic E-state index is 0.0187. The predicted molar refractivity (Wildman–Crippen MR) is 109 cm³/mol.